The van der Waals surface area contributed by atoms with Gasteiger partial charge < -0.3 is 9.88 Å². The number of nitrogens with zero attached hydrogens (tertiary/aromatic N) is 3. The van der Waals surface area contributed by atoms with Crippen molar-refractivity contribution in [2.45, 2.75) is 20.4 Å². The molecule has 3 rings (SSSR count). The largest absolute Gasteiger partial charge is 0.350 e. The minimum Gasteiger partial charge on any atom is -0.350 e. The summed E-state index contributed by atoms with van der Waals surface area (Å²) in [4.78, 5) is 16.5. The first-order valence-electron chi connectivity index (χ1n) is 9.13. The van der Waals surface area contributed by atoms with Gasteiger partial charge in [-0.25, -0.2) is 13.4 Å². The predicted octanol–water partition coefficient (Wildman–Crippen LogP) is 2.57. The molecule has 0 aliphatic heterocycles. The van der Waals surface area contributed by atoms with Crippen LogP contribution >= 0.6 is 0 Å². The maximum atomic E-state index is 12.5. The fourth-order valence-corrected chi connectivity index (χ4v) is 3.86. The number of aryl methyl sites for hydroxylation is 2. The second-order valence-corrected chi connectivity index (χ2v) is 8.88. The Balaban J connectivity index is 1.67. The number of imidazole rings is 1. The SMILES string of the molecule is Cc1ccc(C)c(N(CC(=O)NCc2ccc(-n3ccnc3)cc2)S(C)(=O)=O)c1. The third-order valence-electron chi connectivity index (χ3n) is 4.55. The molecule has 0 atom stereocenters. The van der Waals surface area contributed by atoms with Crippen LogP contribution in [0, 0.1) is 13.8 Å². The molecule has 0 aliphatic carbocycles. The Morgan fingerprint density at radius 3 is 2.48 bits per heavy atom. The topological polar surface area (TPSA) is 84.3 Å². The van der Waals surface area contributed by atoms with E-state index >= 15 is 0 Å². The molecule has 1 amide bonds. The maximum Gasteiger partial charge on any atom is 0.241 e. The summed E-state index contributed by atoms with van der Waals surface area (Å²) < 4.78 is 27.6. The van der Waals surface area contributed by atoms with Gasteiger partial charge >= 0.3 is 0 Å². The Morgan fingerprint density at radius 1 is 1.14 bits per heavy atom. The number of carbonyl (C=O) groups is 1. The molecule has 0 bridgehead atoms. The molecule has 1 heterocycles. The molecule has 0 saturated heterocycles. The number of sulfonamides is 1. The van der Waals surface area contributed by atoms with E-state index in [2.05, 4.69) is 10.3 Å². The number of carbonyl (C=O) groups excluding carboxylic acids is 1. The molecule has 3 aromatic rings. The van der Waals surface area contributed by atoms with Gasteiger partial charge in [0.25, 0.3) is 0 Å². The summed E-state index contributed by atoms with van der Waals surface area (Å²) in [6.07, 6.45) is 6.38. The van der Waals surface area contributed by atoms with Crippen LogP contribution in [0.3, 0.4) is 0 Å². The fraction of sp³-hybridized carbons (Fsp3) is 0.238. The van der Waals surface area contributed by atoms with E-state index in [1.54, 1.807) is 18.6 Å². The Kier molecular flexibility index (Phi) is 6.03. The van der Waals surface area contributed by atoms with Crippen LogP contribution in [0.5, 0.6) is 0 Å². The Hall–Kier alpha value is -3.13. The minimum atomic E-state index is -3.60. The van der Waals surface area contributed by atoms with Gasteiger partial charge in [-0.3, -0.25) is 9.10 Å². The van der Waals surface area contributed by atoms with Crippen molar-refractivity contribution in [1.29, 1.82) is 0 Å². The molecule has 0 unspecified atom stereocenters. The Bertz CT molecular complexity index is 1090. The lowest BCUT2D eigenvalue weighted by Crippen LogP contribution is -2.40. The molecular formula is C21H24N4O3S. The molecule has 8 heteroatoms. The number of anilines is 1. The minimum absolute atomic E-state index is 0.268. The van der Waals surface area contributed by atoms with Crippen LogP contribution in [0.25, 0.3) is 5.69 Å². The van der Waals surface area contributed by atoms with E-state index in [-0.39, 0.29) is 12.5 Å². The number of nitrogens with one attached hydrogen (secondary N) is 1. The van der Waals surface area contributed by atoms with E-state index < -0.39 is 10.0 Å². The van der Waals surface area contributed by atoms with Crippen molar-refractivity contribution >= 4 is 21.6 Å². The second kappa shape index (κ2) is 8.48. The van der Waals surface area contributed by atoms with E-state index in [9.17, 15) is 13.2 Å². The van der Waals surface area contributed by atoms with Crippen molar-refractivity contribution in [1.82, 2.24) is 14.9 Å². The lowest BCUT2D eigenvalue weighted by molar-refractivity contribution is -0.119. The van der Waals surface area contributed by atoms with Crippen LogP contribution < -0.4 is 9.62 Å². The van der Waals surface area contributed by atoms with Gasteiger partial charge in [-0.2, -0.15) is 0 Å². The molecule has 0 spiro atoms. The van der Waals surface area contributed by atoms with E-state index in [0.29, 0.717) is 12.2 Å². The predicted molar refractivity (Wildman–Crippen MR) is 114 cm³/mol. The summed E-state index contributed by atoms with van der Waals surface area (Å²) >= 11 is 0. The van der Waals surface area contributed by atoms with Gasteiger partial charge in [0.1, 0.15) is 6.54 Å². The van der Waals surface area contributed by atoms with Gasteiger partial charge in [0.2, 0.25) is 15.9 Å². The van der Waals surface area contributed by atoms with Crippen molar-refractivity contribution in [3.63, 3.8) is 0 Å². The van der Waals surface area contributed by atoms with E-state index in [4.69, 9.17) is 0 Å². The highest BCUT2D eigenvalue weighted by Crippen LogP contribution is 2.23. The standard InChI is InChI=1S/C21H24N4O3S/c1-16-4-5-17(2)20(12-16)25(29(3,27)28)14-21(26)23-13-18-6-8-19(9-7-18)24-11-10-22-15-24/h4-12,15H,13-14H2,1-3H3,(H,23,26). The summed E-state index contributed by atoms with van der Waals surface area (Å²) in [5.74, 6) is -0.366. The van der Waals surface area contributed by atoms with Crippen molar-refractivity contribution in [2.24, 2.45) is 0 Å². The first-order chi connectivity index (χ1) is 13.7. The van der Waals surface area contributed by atoms with Gasteiger partial charge in [-0.1, -0.05) is 24.3 Å². The lowest BCUT2D eigenvalue weighted by atomic mass is 10.1. The van der Waals surface area contributed by atoms with Crippen LogP contribution in [0.2, 0.25) is 0 Å². The van der Waals surface area contributed by atoms with E-state index in [1.807, 2.05) is 61.0 Å². The average Bonchev–Trinajstić information content (AvgIpc) is 3.21. The van der Waals surface area contributed by atoms with Crippen LogP contribution in [-0.2, 0) is 21.4 Å². The fourth-order valence-electron chi connectivity index (χ4n) is 2.95. The molecule has 1 N–H and O–H groups in total. The number of hydrogen-bond donors (Lipinski definition) is 1. The van der Waals surface area contributed by atoms with Crippen LogP contribution in [0.1, 0.15) is 16.7 Å². The van der Waals surface area contributed by atoms with Crippen molar-refractivity contribution in [3.05, 3.63) is 77.9 Å². The van der Waals surface area contributed by atoms with Crippen molar-refractivity contribution in [3.8, 4) is 5.69 Å². The zero-order chi connectivity index (χ0) is 21.0. The molecule has 7 nitrogen and oxygen atoms in total. The Labute approximate surface area is 171 Å². The van der Waals surface area contributed by atoms with Crippen LogP contribution in [0.15, 0.2) is 61.2 Å². The first kappa shape index (κ1) is 20.6. The zero-order valence-electron chi connectivity index (χ0n) is 16.7. The van der Waals surface area contributed by atoms with Crippen LogP contribution in [0.4, 0.5) is 5.69 Å². The molecule has 2 aromatic carbocycles. The Morgan fingerprint density at radius 2 is 1.86 bits per heavy atom. The van der Waals surface area contributed by atoms with E-state index in [1.165, 1.54) is 0 Å². The van der Waals surface area contributed by atoms with Gasteiger partial charge in [-0.05, 0) is 48.7 Å². The summed E-state index contributed by atoms with van der Waals surface area (Å²) in [5.41, 5.74) is 4.13. The average molecular weight is 413 g/mol. The molecule has 29 heavy (non-hydrogen) atoms. The maximum absolute atomic E-state index is 12.5. The number of aromatic nitrogens is 2. The normalized spacial score (nSPS) is 11.3. The highest BCUT2D eigenvalue weighted by molar-refractivity contribution is 7.92. The first-order valence-corrected chi connectivity index (χ1v) is 11.0. The summed E-state index contributed by atoms with van der Waals surface area (Å²) in [6, 6.07) is 13.2. The highest BCUT2D eigenvalue weighted by atomic mass is 32.2. The lowest BCUT2D eigenvalue weighted by Gasteiger charge is -2.24. The molecule has 1 aromatic heterocycles. The summed E-state index contributed by atoms with van der Waals surface area (Å²) in [7, 11) is -3.60. The monoisotopic (exact) mass is 412 g/mol. The number of amides is 1. The van der Waals surface area contributed by atoms with Gasteiger partial charge in [0.15, 0.2) is 0 Å². The second-order valence-electron chi connectivity index (χ2n) is 6.97. The third kappa shape index (κ3) is 5.23. The van der Waals surface area contributed by atoms with E-state index in [0.717, 1.165) is 32.9 Å². The molecule has 0 radical (unpaired) electrons. The number of hydrogen-bond acceptors (Lipinski definition) is 4. The van der Waals surface area contributed by atoms with Gasteiger partial charge in [-0.15, -0.1) is 0 Å². The molecule has 0 aliphatic rings. The summed E-state index contributed by atoms with van der Waals surface area (Å²) in [6.45, 7) is 3.76. The zero-order valence-corrected chi connectivity index (χ0v) is 17.5. The molecule has 152 valence electrons. The number of benzene rings is 2. The number of rotatable bonds is 7. The smallest absolute Gasteiger partial charge is 0.241 e. The molecule has 0 fully saturated rings. The molecular weight excluding hydrogens is 388 g/mol. The van der Waals surface area contributed by atoms with Crippen molar-refractivity contribution < 1.29 is 13.2 Å². The van der Waals surface area contributed by atoms with Gasteiger partial charge in [0, 0.05) is 24.6 Å². The van der Waals surface area contributed by atoms with Crippen molar-refractivity contribution in [2.75, 3.05) is 17.1 Å². The quantitative estimate of drug-likeness (QED) is 0.646. The van der Waals surface area contributed by atoms with Crippen LogP contribution in [-0.4, -0.2) is 36.7 Å². The molecule has 0 saturated carbocycles. The summed E-state index contributed by atoms with van der Waals surface area (Å²) in [5, 5.41) is 2.80. The third-order valence-corrected chi connectivity index (χ3v) is 5.68. The van der Waals surface area contributed by atoms with Gasteiger partial charge in [0.05, 0.1) is 18.3 Å². The highest BCUT2D eigenvalue weighted by Gasteiger charge is 2.22.